The van der Waals surface area contributed by atoms with Crippen molar-refractivity contribution in [1.29, 1.82) is 0 Å². The second kappa shape index (κ2) is 14.4. The number of hydrogen-bond donors (Lipinski definition) is 3. The van der Waals surface area contributed by atoms with E-state index in [1.165, 1.54) is 23.9 Å². The van der Waals surface area contributed by atoms with E-state index in [0.29, 0.717) is 25.3 Å². The largest absolute Gasteiger partial charge is 0.504 e. The van der Waals surface area contributed by atoms with Crippen molar-refractivity contribution in [3.05, 3.63) is 34.1 Å². The molecule has 1 heterocycles. The van der Waals surface area contributed by atoms with Gasteiger partial charge in [0, 0.05) is 22.1 Å². The second-order valence-electron chi connectivity index (χ2n) is 12.7. The molecule has 42 heavy (non-hydrogen) atoms. The topological polar surface area (TPSA) is 116 Å². The van der Waals surface area contributed by atoms with Gasteiger partial charge >= 0.3 is 5.97 Å². The lowest BCUT2D eigenvalue weighted by molar-refractivity contribution is -0.158. The fourth-order valence-corrected chi connectivity index (χ4v) is 7.85. The zero-order valence-corrected chi connectivity index (χ0v) is 27.7. The molecule has 0 spiro atoms. The molecule has 3 N–H and O–H groups in total. The molecule has 1 aromatic rings. The van der Waals surface area contributed by atoms with E-state index in [1.807, 2.05) is 20.1 Å². The number of aromatic hydroxyl groups is 2. The SMILES string of the molecule is CC/C=C(\SC)SCC(NC(=O)c1ccc(O)c(O)c1)C(=O)N1CCCC1C(=O)OC(C)CC1CCC(C)(C)C1(C)C. The third-order valence-electron chi connectivity index (χ3n) is 9.43. The predicted molar refractivity (Wildman–Crippen MR) is 171 cm³/mol. The standard InChI is InChI=1S/C32H48N2O6S2/c1-8-10-27(41-7)42-19-23(33-28(37)21-12-13-25(35)26(36)18-21)29(38)34-16-9-11-24(34)30(39)40-20(2)17-22-14-15-31(3,4)32(22,5)6/h10,12-13,18,20,22-24,35-36H,8-9,11,14-17,19H2,1-7H3,(H,33,37)/b27-10+. The summed E-state index contributed by atoms with van der Waals surface area (Å²) in [6, 6.07) is 2.17. The Morgan fingerprint density at radius 2 is 1.88 bits per heavy atom. The summed E-state index contributed by atoms with van der Waals surface area (Å²) in [7, 11) is 0. The Labute approximate surface area is 259 Å². The molecule has 4 unspecified atom stereocenters. The van der Waals surface area contributed by atoms with E-state index in [-0.39, 0.29) is 45.9 Å². The van der Waals surface area contributed by atoms with Crippen LogP contribution in [0.5, 0.6) is 11.5 Å². The number of rotatable bonds is 12. The van der Waals surface area contributed by atoms with E-state index < -0.39 is 23.7 Å². The molecule has 3 rings (SSSR count). The Kier molecular flexibility index (Phi) is 11.7. The molecule has 2 amide bonds. The van der Waals surface area contributed by atoms with Crippen LogP contribution in [0.2, 0.25) is 0 Å². The average Bonchev–Trinajstić information content (AvgIpc) is 3.50. The number of amides is 2. The molecule has 2 aliphatic rings. The van der Waals surface area contributed by atoms with Crippen LogP contribution in [0.3, 0.4) is 0 Å². The van der Waals surface area contributed by atoms with Gasteiger partial charge in [0.25, 0.3) is 5.91 Å². The molecule has 10 heteroatoms. The minimum Gasteiger partial charge on any atom is -0.504 e. The first-order chi connectivity index (χ1) is 19.7. The molecule has 0 aromatic heterocycles. The molecule has 0 radical (unpaired) electrons. The summed E-state index contributed by atoms with van der Waals surface area (Å²) in [5, 5.41) is 22.3. The van der Waals surface area contributed by atoms with Crippen LogP contribution in [0.1, 0.15) is 90.4 Å². The molecule has 1 aliphatic carbocycles. The molecule has 1 saturated carbocycles. The van der Waals surface area contributed by atoms with Crippen LogP contribution in [-0.2, 0) is 14.3 Å². The molecule has 234 valence electrons. The first-order valence-corrected chi connectivity index (χ1v) is 17.1. The maximum Gasteiger partial charge on any atom is 0.329 e. The van der Waals surface area contributed by atoms with Gasteiger partial charge in [-0.25, -0.2) is 4.79 Å². The van der Waals surface area contributed by atoms with Gasteiger partial charge in [0.15, 0.2) is 11.5 Å². The van der Waals surface area contributed by atoms with Crippen molar-refractivity contribution < 1.29 is 29.3 Å². The van der Waals surface area contributed by atoms with Gasteiger partial charge in [-0.15, -0.1) is 23.5 Å². The lowest BCUT2D eigenvalue weighted by atomic mass is 9.66. The summed E-state index contributed by atoms with van der Waals surface area (Å²) >= 11 is 3.05. The van der Waals surface area contributed by atoms with Crippen molar-refractivity contribution in [2.75, 3.05) is 18.6 Å². The highest BCUT2D eigenvalue weighted by Gasteiger charge is 2.49. The maximum atomic E-state index is 13.9. The van der Waals surface area contributed by atoms with E-state index in [4.69, 9.17) is 4.74 Å². The summed E-state index contributed by atoms with van der Waals surface area (Å²) in [5.41, 5.74) is 0.489. The smallest absolute Gasteiger partial charge is 0.329 e. The number of phenolic OH excluding ortho intramolecular Hbond substituents is 2. The Balaban J connectivity index is 1.72. The van der Waals surface area contributed by atoms with E-state index >= 15 is 0 Å². The van der Waals surface area contributed by atoms with E-state index in [1.54, 1.807) is 16.7 Å². The molecule has 8 nitrogen and oxygen atoms in total. The fraction of sp³-hybridized carbons (Fsp3) is 0.656. The van der Waals surface area contributed by atoms with Gasteiger partial charge in [0.1, 0.15) is 12.1 Å². The zero-order valence-electron chi connectivity index (χ0n) is 26.1. The summed E-state index contributed by atoms with van der Waals surface area (Å²) in [4.78, 5) is 42.0. The van der Waals surface area contributed by atoms with Crippen LogP contribution in [-0.4, -0.2) is 69.6 Å². The highest BCUT2D eigenvalue weighted by molar-refractivity contribution is 8.22. The molecule has 4 atom stereocenters. The predicted octanol–water partition coefficient (Wildman–Crippen LogP) is 6.32. The van der Waals surface area contributed by atoms with Crippen molar-refractivity contribution in [3.63, 3.8) is 0 Å². The first-order valence-electron chi connectivity index (χ1n) is 14.9. The Morgan fingerprint density at radius 3 is 2.48 bits per heavy atom. The minimum atomic E-state index is -0.904. The average molecular weight is 621 g/mol. The Hall–Kier alpha value is -2.33. The molecule has 2 fully saturated rings. The number of likely N-dealkylation sites (tertiary alicyclic amines) is 1. The van der Waals surface area contributed by atoms with Crippen molar-refractivity contribution in [2.24, 2.45) is 16.7 Å². The summed E-state index contributed by atoms with van der Waals surface area (Å²) in [5.74, 6) is -1.30. The van der Waals surface area contributed by atoms with Crippen LogP contribution in [0.15, 0.2) is 28.5 Å². The number of benzene rings is 1. The fourth-order valence-electron chi connectivity index (χ4n) is 6.00. The number of hydrogen-bond acceptors (Lipinski definition) is 8. The Morgan fingerprint density at radius 1 is 1.17 bits per heavy atom. The number of carbonyl (C=O) groups is 3. The number of nitrogens with zero attached hydrogens (tertiary/aromatic N) is 1. The molecule has 0 bridgehead atoms. The van der Waals surface area contributed by atoms with E-state index in [2.05, 4.69) is 39.1 Å². The van der Waals surface area contributed by atoms with E-state index in [9.17, 15) is 24.6 Å². The van der Waals surface area contributed by atoms with Crippen molar-refractivity contribution in [2.45, 2.75) is 98.3 Å². The van der Waals surface area contributed by atoms with Crippen LogP contribution < -0.4 is 5.32 Å². The van der Waals surface area contributed by atoms with Gasteiger partial charge in [-0.3, -0.25) is 9.59 Å². The number of ether oxygens (including phenoxy) is 1. The van der Waals surface area contributed by atoms with Gasteiger partial charge in [0.05, 0.1) is 6.10 Å². The van der Waals surface area contributed by atoms with Crippen LogP contribution in [0.25, 0.3) is 0 Å². The maximum absolute atomic E-state index is 13.9. The van der Waals surface area contributed by atoms with Gasteiger partial charge in [0.2, 0.25) is 5.91 Å². The molecular formula is C32H48N2O6S2. The summed E-state index contributed by atoms with van der Waals surface area (Å²) in [6.07, 6.45) is 8.86. The third kappa shape index (κ3) is 7.98. The lowest BCUT2D eigenvalue weighted by Gasteiger charge is -2.40. The normalized spacial score (nSPS) is 22.9. The molecular weight excluding hydrogens is 572 g/mol. The first kappa shape index (κ1) is 34.2. The van der Waals surface area contributed by atoms with E-state index in [0.717, 1.165) is 36.0 Å². The van der Waals surface area contributed by atoms with Gasteiger partial charge in [-0.05, 0) is 86.7 Å². The zero-order chi connectivity index (χ0) is 31.2. The molecule has 1 aromatic carbocycles. The third-order valence-corrected chi connectivity index (χ3v) is 11.8. The summed E-state index contributed by atoms with van der Waals surface area (Å²) < 4.78 is 6.99. The second-order valence-corrected chi connectivity index (χ2v) is 14.9. The lowest BCUT2D eigenvalue weighted by Crippen LogP contribution is -2.53. The molecule has 1 aliphatic heterocycles. The highest BCUT2D eigenvalue weighted by Crippen LogP contribution is 2.57. The number of allylic oxidation sites excluding steroid dienone is 1. The number of phenols is 2. The number of carbonyl (C=O) groups excluding carboxylic acids is 3. The minimum absolute atomic E-state index is 0.117. The Bertz CT molecular complexity index is 1170. The van der Waals surface area contributed by atoms with Gasteiger partial charge < -0.3 is 25.2 Å². The van der Waals surface area contributed by atoms with Crippen molar-refractivity contribution in [3.8, 4) is 11.5 Å². The van der Waals surface area contributed by atoms with Crippen LogP contribution in [0, 0.1) is 16.7 Å². The summed E-state index contributed by atoms with van der Waals surface area (Å²) in [6.45, 7) is 13.6. The number of esters is 1. The van der Waals surface area contributed by atoms with Crippen LogP contribution in [0.4, 0.5) is 0 Å². The molecule has 1 saturated heterocycles. The van der Waals surface area contributed by atoms with Crippen LogP contribution >= 0.6 is 23.5 Å². The number of nitrogens with one attached hydrogen (secondary N) is 1. The van der Waals surface area contributed by atoms with Gasteiger partial charge in [-0.1, -0.05) is 40.7 Å². The van der Waals surface area contributed by atoms with Crippen molar-refractivity contribution >= 4 is 41.3 Å². The van der Waals surface area contributed by atoms with Gasteiger partial charge in [-0.2, -0.15) is 0 Å². The monoisotopic (exact) mass is 620 g/mol. The number of thioether (sulfide) groups is 2. The highest BCUT2D eigenvalue weighted by atomic mass is 32.2. The van der Waals surface area contributed by atoms with Crippen molar-refractivity contribution in [1.82, 2.24) is 10.2 Å². The quantitative estimate of drug-likeness (QED) is 0.184.